The molecule has 2 atom stereocenters. The van der Waals surface area contributed by atoms with Crippen LogP contribution < -0.4 is 10.0 Å². The fraction of sp³-hybridized carbons (Fsp3) is 0.500. The number of rotatable bonds is 4. The zero-order valence-corrected chi connectivity index (χ0v) is 14.0. The molecule has 6 nitrogen and oxygen atoms in total. The molecule has 0 aliphatic carbocycles. The van der Waals surface area contributed by atoms with Crippen LogP contribution in [0.25, 0.3) is 0 Å². The van der Waals surface area contributed by atoms with Gasteiger partial charge in [0, 0.05) is 12.6 Å². The Hall–Kier alpha value is -1.15. The smallest absolute Gasteiger partial charge is 0.339 e. The van der Waals surface area contributed by atoms with Crippen LogP contribution in [0.15, 0.2) is 23.1 Å². The van der Waals surface area contributed by atoms with E-state index in [1.807, 2.05) is 6.92 Å². The minimum Gasteiger partial charge on any atom is -0.465 e. The summed E-state index contributed by atoms with van der Waals surface area (Å²) >= 11 is 5.98. The predicted octanol–water partition coefficient (Wildman–Crippen LogP) is 1.40. The van der Waals surface area contributed by atoms with E-state index in [0.717, 1.165) is 13.0 Å². The number of sulfonamides is 1. The molecule has 1 heterocycles. The Balaban J connectivity index is 2.22. The van der Waals surface area contributed by atoms with Crippen molar-refractivity contribution in [1.29, 1.82) is 0 Å². The first-order valence-corrected chi connectivity index (χ1v) is 8.82. The first-order valence-electron chi connectivity index (χ1n) is 6.96. The summed E-state index contributed by atoms with van der Waals surface area (Å²) < 4.78 is 32.1. The lowest BCUT2D eigenvalue weighted by atomic mass is 9.96. The van der Waals surface area contributed by atoms with Crippen molar-refractivity contribution in [3.05, 3.63) is 28.8 Å². The van der Waals surface area contributed by atoms with Gasteiger partial charge >= 0.3 is 5.97 Å². The molecular weight excluding hydrogens is 328 g/mol. The number of esters is 1. The van der Waals surface area contributed by atoms with Gasteiger partial charge in [0.15, 0.2) is 0 Å². The molecule has 1 aliphatic heterocycles. The molecule has 122 valence electrons. The number of benzene rings is 1. The van der Waals surface area contributed by atoms with Crippen LogP contribution in [0, 0.1) is 5.92 Å². The Bertz CT molecular complexity index is 663. The van der Waals surface area contributed by atoms with Crippen molar-refractivity contribution < 1.29 is 17.9 Å². The average molecular weight is 347 g/mol. The number of halogens is 1. The molecule has 1 aliphatic rings. The summed E-state index contributed by atoms with van der Waals surface area (Å²) in [7, 11) is -2.45. The van der Waals surface area contributed by atoms with Crippen molar-refractivity contribution in [3.63, 3.8) is 0 Å². The van der Waals surface area contributed by atoms with Gasteiger partial charge in [-0.3, -0.25) is 0 Å². The highest BCUT2D eigenvalue weighted by atomic mass is 35.5. The van der Waals surface area contributed by atoms with E-state index >= 15 is 0 Å². The third-order valence-corrected chi connectivity index (χ3v) is 5.59. The van der Waals surface area contributed by atoms with E-state index in [0.29, 0.717) is 6.54 Å². The highest BCUT2D eigenvalue weighted by Crippen LogP contribution is 2.22. The molecule has 0 amide bonds. The Morgan fingerprint density at radius 2 is 2.18 bits per heavy atom. The molecule has 0 bridgehead atoms. The van der Waals surface area contributed by atoms with Crippen molar-refractivity contribution in [2.24, 2.45) is 5.92 Å². The minimum absolute atomic E-state index is 0.0305. The van der Waals surface area contributed by atoms with Crippen LogP contribution in [0.2, 0.25) is 5.02 Å². The zero-order valence-electron chi connectivity index (χ0n) is 12.4. The number of methoxy groups -OCH3 is 1. The van der Waals surface area contributed by atoms with Gasteiger partial charge in [-0.1, -0.05) is 18.5 Å². The standard InChI is InChI=1S/C14H19ClN2O4S/c1-9-5-6-16-8-13(9)17-22(19,20)10-3-4-11(12(15)7-10)14(18)21-2/h3-4,7,9,13,16-17H,5-6,8H2,1-2H3. The molecule has 0 radical (unpaired) electrons. The Labute approximate surface area is 135 Å². The summed E-state index contributed by atoms with van der Waals surface area (Å²) in [6.07, 6.45) is 0.912. The van der Waals surface area contributed by atoms with Crippen molar-refractivity contribution >= 4 is 27.6 Å². The third kappa shape index (κ3) is 3.78. The molecule has 2 unspecified atom stereocenters. The SMILES string of the molecule is COC(=O)c1ccc(S(=O)(=O)NC2CNCCC2C)cc1Cl. The zero-order chi connectivity index (χ0) is 16.3. The number of nitrogens with one attached hydrogen (secondary N) is 2. The number of hydrogen-bond donors (Lipinski definition) is 2. The van der Waals surface area contributed by atoms with E-state index in [4.69, 9.17) is 11.6 Å². The fourth-order valence-electron chi connectivity index (χ4n) is 2.35. The molecular formula is C14H19ClN2O4S. The fourth-order valence-corrected chi connectivity index (χ4v) is 4.05. The lowest BCUT2D eigenvalue weighted by Gasteiger charge is -2.30. The summed E-state index contributed by atoms with van der Waals surface area (Å²) in [5, 5.41) is 3.21. The molecule has 8 heteroatoms. The normalized spacial score (nSPS) is 22.3. The van der Waals surface area contributed by atoms with Crippen LogP contribution in [-0.4, -0.2) is 40.6 Å². The van der Waals surface area contributed by atoms with Crippen molar-refractivity contribution in [2.45, 2.75) is 24.3 Å². The second-order valence-corrected chi connectivity index (χ2v) is 7.45. The second-order valence-electron chi connectivity index (χ2n) is 5.33. The van der Waals surface area contributed by atoms with Gasteiger partial charge in [-0.25, -0.2) is 17.9 Å². The van der Waals surface area contributed by atoms with Gasteiger partial charge in [-0.05, 0) is 37.1 Å². The maximum Gasteiger partial charge on any atom is 0.339 e. The maximum atomic E-state index is 12.4. The molecule has 1 aromatic carbocycles. The molecule has 1 fully saturated rings. The van der Waals surface area contributed by atoms with E-state index < -0.39 is 16.0 Å². The second kappa shape index (κ2) is 6.95. The lowest BCUT2D eigenvalue weighted by Crippen LogP contribution is -2.50. The van der Waals surface area contributed by atoms with Gasteiger partial charge in [0.2, 0.25) is 10.0 Å². The van der Waals surface area contributed by atoms with E-state index in [2.05, 4.69) is 14.8 Å². The molecule has 2 N–H and O–H groups in total. The maximum absolute atomic E-state index is 12.4. The number of ether oxygens (including phenoxy) is 1. The average Bonchev–Trinajstić information content (AvgIpc) is 2.48. The number of piperidine rings is 1. The number of carbonyl (C=O) groups excluding carboxylic acids is 1. The van der Waals surface area contributed by atoms with Gasteiger partial charge in [-0.2, -0.15) is 0 Å². The van der Waals surface area contributed by atoms with Crippen LogP contribution in [0.5, 0.6) is 0 Å². The van der Waals surface area contributed by atoms with E-state index in [1.165, 1.54) is 25.3 Å². The largest absolute Gasteiger partial charge is 0.465 e. The lowest BCUT2D eigenvalue weighted by molar-refractivity contribution is 0.0601. The first kappa shape index (κ1) is 17.2. The molecule has 22 heavy (non-hydrogen) atoms. The summed E-state index contributed by atoms with van der Waals surface area (Å²) in [5.41, 5.74) is 0.135. The van der Waals surface area contributed by atoms with Gasteiger partial charge in [0.05, 0.1) is 22.6 Å². The number of hydrogen-bond acceptors (Lipinski definition) is 5. The third-order valence-electron chi connectivity index (χ3n) is 3.79. The van der Waals surface area contributed by atoms with Crippen LogP contribution in [0.3, 0.4) is 0 Å². The summed E-state index contributed by atoms with van der Waals surface area (Å²) in [5.74, 6) is -0.354. The highest BCUT2D eigenvalue weighted by Gasteiger charge is 2.27. The molecule has 2 rings (SSSR count). The first-order chi connectivity index (χ1) is 10.3. The van der Waals surface area contributed by atoms with Gasteiger partial charge < -0.3 is 10.1 Å². The minimum atomic E-state index is -3.69. The van der Waals surface area contributed by atoms with Crippen LogP contribution in [-0.2, 0) is 14.8 Å². The van der Waals surface area contributed by atoms with Gasteiger partial charge in [-0.15, -0.1) is 0 Å². The van der Waals surface area contributed by atoms with Gasteiger partial charge in [0.1, 0.15) is 0 Å². The number of carbonyl (C=O) groups is 1. The monoisotopic (exact) mass is 346 g/mol. The summed E-state index contributed by atoms with van der Waals surface area (Å²) in [6.45, 7) is 3.49. The topological polar surface area (TPSA) is 84.5 Å². The molecule has 1 aromatic rings. The molecule has 1 saturated heterocycles. The van der Waals surface area contributed by atoms with E-state index in [9.17, 15) is 13.2 Å². The van der Waals surface area contributed by atoms with Crippen LogP contribution in [0.1, 0.15) is 23.7 Å². The Kier molecular flexibility index (Phi) is 5.44. The molecule has 0 aromatic heterocycles. The van der Waals surface area contributed by atoms with Crippen LogP contribution in [0.4, 0.5) is 0 Å². The quantitative estimate of drug-likeness (QED) is 0.805. The van der Waals surface area contributed by atoms with E-state index in [1.54, 1.807) is 0 Å². The van der Waals surface area contributed by atoms with Crippen molar-refractivity contribution in [3.8, 4) is 0 Å². The van der Waals surface area contributed by atoms with E-state index in [-0.39, 0.29) is 27.4 Å². The molecule has 0 saturated carbocycles. The molecule has 0 spiro atoms. The summed E-state index contributed by atoms with van der Waals surface area (Å²) in [4.78, 5) is 11.5. The Morgan fingerprint density at radius 3 is 2.77 bits per heavy atom. The van der Waals surface area contributed by atoms with Gasteiger partial charge in [0.25, 0.3) is 0 Å². The Morgan fingerprint density at radius 1 is 1.45 bits per heavy atom. The summed E-state index contributed by atoms with van der Waals surface area (Å²) in [6, 6.07) is 3.79. The highest BCUT2D eigenvalue weighted by molar-refractivity contribution is 7.89. The van der Waals surface area contributed by atoms with Crippen molar-refractivity contribution in [2.75, 3.05) is 20.2 Å². The predicted molar refractivity (Wildman–Crippen MR) is 83.6 cm³/mol. The van der Waals surface area contributed by atoms with Crippen LogP contribution >= 0.6 is 11.6 Å². The van der Waals surface area contributed by atoms with Crippen molar-refractivity contribution in [1.82, 2.24) is 10.0 Å².